The fourth-order valence-corrected chi connectivity index (χ4v) is 5.15. The van der Waals surface area contributed by atoms with Crippen LogP contribution in [0, 0.1) is 18.8 Å². The molecule has 1 aromatic carbocycles. The zero-order valence-electron chi connectivity index (χ0n) is 16.3. The first-order chi connectivity index (χ1) is 14.0. The number of amides is 2. The predicted octanol–water partition coefficient (Wildman–Crippen LogP) is 3.08. The molecule has 1 N–H and O–H groups in total. The van der Waals surface area contributed by atoms with Crippen LogP contribution in [-0.2, 0) is 16.0 Å². The summed E-state index contributed by atoms with van der Waals surface area (Å²) in [6, 6.07) is 7.21. The molecule has 1 aliphatic heterocycles. The summed E-state index contributed by atoms with van der Waals surface area (Å²) in [5.74, 6) is 1.06. The first-order valence-corrected chi connectivity index (χ1v) is 11.1. The monoisotopic (exact) mass is 433 g/mol. The molecule has 4 rings (SSSR count). The Labute approximate surface area is 179 Å². The number of carbonyl (C=O) groups is 2. The Morgan fingerprint density at radius 1 is 1.28 bits per heavy atom. The number of likely N-dealkylation sites (tertiary alicyclic amines) is 1. The van der Waals surface area contributed by atoms with Gasteiger partial charge in [-0.1, -0.05) is 23.7 Å². The van der Waals surface area contributed by atoms with Crippen molar-refractivity contribution in [2.75, 3.05) is 19.7 Å². The van der Waals surface area contributed by atoms with Crippen LogP contribution in [0.5, 0.6) is 5.75 Å². The number of aromatic nitrogens is 1. The van der Waals surface area contributed by atoms with Gasteiger partial charge in [0.25, 0.3) is 5.91 Å². The molecule has 8 heteroatoms. The van der Waals surface area contributed by atoms with E-state index in [9.17, 15) is 9.59 Å². The summed E-state index contributed by atoms with van der Waals surface area (Å²) in [5, 5.41) is 6.55. The zero-order chi connectivity index (χ0) is 20.4. The van der Waals surface area contributed by atoms with Gasteiger partial charge in [-0.15, -0.1) is 11.3 Å². The number of hydrogen-bond acceptors (Lipinski definition) is 5. The molecule has 1 aliphatic carbocycles. The van der Waals surface area contributed by atoms with Crippen molar-refractivity contribution >= 4 is 34.8 Å². The summed E-state index contributed by atoms with van der Waals surface area (Å²) in [7, 11) is 0. The SMILES string of the molecule is Cc1nc(CC(=O)N2C[C@H]3CC[C@@H](C2)C3NC(=O)COc2ccccc2Cl)cs1. The smallest absolute Gasteiger partial charge is 0.258 e. The highest BCUT2D eigenvalue weighted by Crippen LogP contribution is 2.37. The van der Waals surface area contributed by atoms with Crippen LogP contribution in [-0.4, -0.2) is 47.4 Å². The van der Waals surface area contributed by atoms with Crippen LogP contribution in [0.25, 0.3) is 0 Å². The lowest BCUT2D eigenvalue weighted by atomic mass is 9.91. The molecular weight excluding hydrogens is 410 g/mol. The lowest BCUT2D eigenvalue weighted by Gasteiger charge is -2.38. The largest absolute Gasteiger partial charge is 0.482 e. The summed E-state index contributed by atoms with van der Waals surface area (Å²) in [5.41, 5.74) is 0.844. The minimum atomic E-state index is -0.149. The van der Waals surface area contributed by atoms with Crippen LogP contribution >= 0.6 is 22.9 Å². The van der Waals surface area contributed by atoms with Crippen LogP contribution in [0.3, 0.4) is 0 Å². The highest BCUT2D eigenvalue weighted by Gasteiger charge is 2.43. The number of nitrogens with one attached hydrogen (secondary N) is 1. The van der Waals surface area contributed by atoms with Crippen molar-refractivity contribution in [2.45, 2.75) is 32.2 Å². The molecule has 154 valence electrons. The van der Waals surface area contributed by atoms with Gasteiger partial charge in [-0.2, -0.15) is 0 Å². The zero-order valence-corrected chi connectivity index (χ0v) is 17.8. The summed E-state index contributed by atoms with van der Waals surface area (Å²) >= 11 is 7.63. The third-order valence-electron chi connectivity index (χ3n) is 5.71. The maximum absolute atomic E-state index is 12.7. The Bertz CT molecular complexity index is 889. The molecule has 1 unspecified atom stereocenters. The van der Waals surface area contributed by atoms with Crippen LogP contribution in [0.2, 0.25) is 5.02 Å². The molecule has 2 heterocycles. The van der Waals surface area contributed by atoms with E-state index in [2.05, 4.69) is 10.3 Å². The second-order valence-electron chi connectivity index (χ2n) is 7.74. The molecule has 2 aliphatic rings. The predicted molar refractivity (Wildman–Crippen MR) is 112 cm³/mol. The van der Waals surface area contributed by atoms with Crippen molar-refractivity contribution in [1.29, 1.82) is 0 Å². The topological polar surface area (TPSA) is 71.5 Å². The van der Waals surface area contributed by atoms with Crippen molar-refractivity contribution in [3.63, 3.8) is 0 Å². The highest BCUT2D eigenvalue weighted by molar-refractivity contribution is 7.09. The van der Waals surface area contributed by atoms with E-state index >= 15 is 0 Å². The van der Waals surface area contributed by atoms with Crippen LogP contribution in [0.1, 0.15) is 23.5 Å². The van der Waals surface area contributed by atoms with E-state index in [0.29, 0.717) is 42.1 Å². The number of thiazole rings is 1. The van der Waals surface area contributed by atoms with E-state index < -0.39 is 0 Å². The molecule has 2 aromatic rings. The molecule has 0 spiro atoms. The van der Waals surface area contributed by atoms with Gasteiger partial charge >= 0.3 is 0 Å². The molecule has 1 saturated carbocycles. The molecular formula is C21H24ClN3O3S. The van der Waals surface area contributed by atoms with Gasteiger partial charge in [-0.3, -0.25) is 9.59 Å². The van der Waals surface area contributed by atoms with Gasteiger partial charge in [0.2, 0.25) is 5.91 Å². The Morgan fingerprint density at radius 2 is 2.00 bits per heavy atom. The van der Waals surface area contributed by atoms with Gasteiger partial charge in [0.05, 0.1) is 22.1 Å². The minimum absolute atomic E-state index is 0.0640. The number of halogens is 1. The average molecular weight is 434 g/mol. The molecule has 6 nitrogen and oxygen atoms in total. The van der Waals surface area contributed by atoms with E-state index in [1.807, 2.05) is 29.3 Å². The van der Waals surface area contributed by atoms with Crippen LogP contribution in [0.15, 0.2) is 29.6 Å². The quantitative estimate of drug-likeness (QED) is 0.759. The standard InChI is InChI=1S/C21H24ClN3O3S/c1-13-23-16(12-29-13)8-20(27)25-9-14-6-7-15(10-25)21(14)24-19(26)11-28-18-5-3-2-4-17(18)22/h2-5,12,14-15,21H,6-11H2,1H3,(H,24,26)/t14-,15+,21?. The fraction of sp³-hybridized carbons (Fsp3) is 0.476. The van der Waals surface area contributed by atoms with E-state index in [0.717, 1.165) is 23.5 Å². The van der Waals surface area contributed by atoms with Gasteiger partial charge in [-0.05, 0) is 43.7 Å². The molecule has 29 heavy (non-hydrogen) atoms. The first-order valence-electron chi connectivity index (χ1n) is 9.85. The molecule has 2 bridgehead atoms. The number of benzene rings is 1. The Kier molecular flexibility index (Phi) is 6.06. The number of hydrogen-bond donors (Lipinski definition) is 1. The van der Waals surface area contributed by atoms with E-state index in [1.165, 1.54) is 0 Å². The number of para-hydroxylation sites is 1. The third kappa shape index (κ3) is 4.73. The average Bonchev–Trinajstić information content (AvgIpc) is 3.19. The second kappa shape index (κ2) is 8.71. The summed E-state index contributed by atoms with van der Waals surface area (Å²) in [6.45, 7) is 3.26. The number of piperidine rings is 1. The summed E-state index contributed by atoms with van der Waals surface area (Å²) in [6.07, 6.45) is 2.41. The summed E-state index contributed by atoms with van der Waals surface area (Å²) in [4.78, 5) is 31.4. The van der Waals surface area contributed by atoms with E-state index in [1.54, 1.807) is 23.5 Å². The summed E-state index contributed by atoms with van der Waals surface area (Å²) < 4.78 is 5.54. The maximum atomic E-state index is 12.7. The highest BCUT2D eigenvalue weighted by atomic mass is 35.5. The Hall–Kier alpha value is -2.12. The number of rotatable bonds is 6. The number of nitrogens with zero attached hydrogens (tertiary/aromatic N) is 2. The molecule has 0 radical (unpaired) electrons. The Morgan fingerprint density at radius 3 is 2.66 bits per heavy atom. The van der Waals surface area contributed by atoms with Gasteiger partial charge < -0.3 is 15.0 Å². The molecule has 1 saturated heterocycles. The van der Waals surface area contributed by atoms with Gasteiger partial charge in [0, 0.05) is 24.5 Å². The number of fused-ring (bicyclic) bond motifs is 2. The fourth-order valence-electron chi connectivity index (χ4n) is 4.35. The maximum Gasteiger partial charge on any atom is 0.258 e. The van der Waals surface area contributed by atoms with Crippen molar-refractivity contribution in [1.82, 2.24) is 15.2 Å². The molecule has 3 atom stereocenters. The molecule has 2 amide bonds. The number of ether oxygens (including phenoxy) is 1. The minimum Gasteiger partial charge on any atom is -0.482 e. The lowest BCUT2D eigenvalue weighted by Crippen LogP contribution is -2.54. The van der Waals surface area contributed by atoms with Gasteiger partial charge in [-0.25, -0.2) is 4.98 Å². The number of carbonyl (C=O) groups excluding carboxylic acids is 2. The van der Waals surface area contributed by atoms with Crippen molar-refractivity contribution in [3.8, 4) is 5.75 Å². The van der Waals surface area contributed by atoms with Crippen molar-refractivity contribution in [3.05, 3.63) is 45.4 Å². The van der Waals surface area contributed by atoms with Crippen molar-refractivity contribution in [2.24, 2.45) is 11.8 Å². The van der Waals surface area contributed by atoms with Crippen molar-refractivity contribution < 1.29 is 14.3 Å². The van der Waals surface area contributed by atoms with E-state index in [4.69, 9.17) is 16.3 Å². The normalized spacial score (nSPS) is 23.1. The molecule has 1 aromatic heterocycles. The lowest BCUT2D eigenvalue weighted by molar-refractivity contribution is -0.133. The Balaban J connectivity index is 1.29. The second-order valence-corrected chi connectivity index (χ2v) is 9.21. The first kappa shape index (κ1) is 20.2. The van der Waals surface area contributed by atoms with Gasteiger partial charge in [0.15, 0.2) is 6.61 Å². The van der Waals surface area contributed by atoms with Crippen LogP contribution in [0.4, 0.5) is 0 Å². The third-order valence-corrected chi connectivity index (χ3v) is 6.84. The van der Waals surface area contributed by atoms with Crippen LogP contribution < -0.4 is 10.1 Å². The number of aryl methyl sites for hydroxylation is 1. The molecule has 2 fully saturated rings. The van der Waals surface area contributed by atoms with E-state index in [-0.39, 0.29) is 24.5 Å². The van der Waals surface area contributed by atoms with Gasteiger partial charge in [0.1, 0.15) is 5.75 Å².